The molecule has 2 aromatic rings. The molecule has 2 rings (SSSR count). The van der Waals surface area contributed by atoms with Crippen LogP contribution in [0.5, 0.6) is 0 Å². The van der Waals surface area contributed by atoms with Crippen LogP contribution in [0.2, 0.25) is 0 Å². The SMILES string of the molecule is CC(C(=O)O)N(NC(=O)CCc1ccccc1)c1ccccc1. The Labute approximate surface area is 135 Å². The van der Waals surface area contributed by atoms with Crippen molar-refractivity contribution < 1.29 is 14.7 Å². The number of carboxylic acid groups (broad SMARTS) is 1. The lowest BCUT2D eigenvalue weighted by Gasteiger charge is -2.28. The topological polar surface area (TPSA) is 69.6 Å². The number of hydrogen-bond acceptors (Lipinski definition) is 3. The number of para-hydroxylation sites is 1. The van der Waals surface area contributed by atoms with Gasteiger partial charge in [-0.15, -0.1) is 0 Å². The summed E-state index contributed by atoms with van der Waals surface area (Å²) in [6.07, 6.45) is 0.899. The molecule has 0 heterocycles. The molecule has 1 atom stereocenters. The van der Waals surface area contributed by atoms with Crippen LogP contribution in [0.4, 0.5) is 5.69 Å². The zero-order valence-electron chi connectivity index (χ0n) is 13.0. The maximum absolute atomic E-state index is 12.2. The first-order chi connectivity index (χ1) is 11.1. The van der Waals surface area contributed by atoms with Crippen molar-refractivity contribution in [2.75, 3.05) is 5.01 Å². The minimum atomic E-state index is -1.00. The van der Waals surface area contributed by atoms with Gasteiger partial charge in [0.25, 0.3) is 0 Å². The summed E-state index contributed by atoms with van der Waals surface area (Å²) in [5, 5.41) is 10.6. The Morgan fingerprint density at radius 3 is 2.17 bits per heavy atom. The highest BCUT2D eigenvalue weighted by molar-refractivity contribution is 5.82. The van der Waals surface area contributed by atoms with Crippen LogP contribution in [0.15, 0.2) is 60.7 Å². The monoisotopic (exact) mass is 312 g/mol. The van der Waals surface area contributed by atoms with Gasteiger partial charge in [0.05, 0.1) is 5.69 Å². The molecule has 0 aliphatic rings. The lowest BCUT2D eigenvalue weighted by atomic mass is 10.1. The van der Waals surface area contributed by atoms with Crippen molar-refractivity contribution in [1.29, 1.82) is 0 Å². The van der Waals surface area contributed by atoms with Gasteiger partial charge in [0.1, 0.15) is 6.04 Å². The standard InChI is InChI=1S/C18H20N2O3/c1-14(18(22)23)20(16-10-6-3-7-11-16)19-17(21)13-12-15-8-4-2-5-9-15/h2-11,14H,12-13H2,1H3,(H,19,21)(H,22,23). The lowest BCUT2D eigenvalue weighted by Crippen LogP contribution is -2.51. The van der Waals surface area contributed by atoms with Crippen LogP contribution in [0.25, 0.3) is 0 Å². The number of benzene rings is 2. The Bertz CT molecular complexity index is 644. The summed E-state index contributed by atoms with van der Waals surface area (Å²) in [5.41, 5.74) is 4.40. The van der Waals surface area contributed by atoms with Crippen LogP contribution in [0, 0.1) is 0 Å². The van der Waals surface area contributed by atoms with E-state index in [2.05, 4.69) is 5.43 Å². The van der Waals surface area contributed by atoms with Crippen molar-refractivity contribution in [1.82, 2.24) is 5.43 Å². The smallest absolute Gasteiger partial charge is 0.328 e. The molecule has 5 nitrogen and oxygen atoms in total. The van der Waals surface area contributed by atoms with Crippen LogP contribution in [0.1, 0.15) is 18.9 Å². The van der Waals surface area contributed by atoms with Gasteiger partial charge in [0, 0.05) is 6.42 Å². The van der Waals surface area contributed by atoms with E-state index in [9.17, 15) is 14.7 Å². The zero-order valence-corrected chi connectivity index (χ0v) is 13.0. The molecule has 0 spiro atoms. The maximum Gasteiger partial charge on any atom is 0.328 e. The highest BCUT2D eigenvalue weighted by Gasteiger charge is 2.22. The quantitative estimate of drug-likeness (QED) is 0.771. The number of anilines is 1. The van der Waals surface area contributed by atoms with E-state index in [1.165, 1.54) is 11.9 Å². The van der Waals surface area contributed by atoms with Crippen molar-refractivity contribution in [3.05, 3.63) is 66.2 Å². The molecule has 0 aliphatic carbocycles. The molecule has 0 bridgehead atoms. The number of aryl methyl sites for hydroxylation is 1. The molecule has 2 N–H and O–H groups in total. The lowest BCUT2D eigenvalue weighted by molar-refractivity contribution is -0.138. The molecule has 0 fully saturated rings. The third-order valence-corrected chi connectivity index (χ3v) is 3.51. The first-order valence-corrected chi connectivity index (χ1v) is 7.48. The van der Waals surface area contributed by atoms with Crippen molar-refractivity contribution in [3.8, 4) is 0 Å². The predicted molar refractivity (Wildman–Crippen MR) is 88.9 cm³/mol. The van der Waals surface area contributed by atoms with E-state index in [4.69, 9.17) is 0 Å². The van der Waals surface area contributed by atoms with Crippen molar-refractivity contribution >= 4 is 17.6 Å². The molecule has 0 saturated carbocycles. The van der Waals surface area contributed by atoms with Crippen LogP contribution in [-0.2, 0) is 16.0 Å². The van der Waals surface area contributed by atoms with Crippen LogP contribution < -0.4 is 10.4 Å². The number of carbonyl (C=O) groups excluding carboxylic acids is 1. The molecule has 5 heteroatoms. The van der Waals surface area contributed by atoms with Gasteiger partial charge in [-0.1, -0.05) is 48.5 Å². The summed E-state index contributed by atoms with van der Waals surface area (Å²) in [7, 11) is 0. The fourth-order valence-electron chi connectivity index (χ4n) is 2.18. The van der Waals surface area contributed by atoms with Gasteiger partial charge in [0.2, 0.25) is 5.91 Å². The minimum Gasteiger partial charge on any atom is -0.480 e. The Morgan fingerprint density at radius 2 is 1.61 bits per heavy atom. The third-order valence-electron chi connectivity index (χ3n) is 3.51. The fourth-order valence-corrected chi connectivity index (χ4v) is 2.18. The molecule has 120 valence electrons. The van der Waals surface area contributed by atoms with Crippen molar-refractivity contribution in [2.45, 2.75) is 25.8 Å². The summed E-state index contributed by atoms with van der Waals surface area (Å²) in [5.74, 6) is -1.22. The number of aliphatic carboxylic acids is 1. The fraction of sp³-hybridized carbons (Fsp3) is 0.222. The van der Waals surface area contributed by atoms with E-state index < -0.39 is 12.0 Å². The first kappa shape index (κ1) is 16.5. The average molecular weight is 312 g/mol. The molecule has 0 saturated heterocycles. The third kappa shape index (κ3) is 4.85. The average Bonchev–Trinajstić information content (AvgIpc) is 2.59. The van der Waals surface area contributed by atoms with Crippen LogP contribution in [-0.4, -0.2) is 23.0 Å². The Kier molecular flexibility index (Phi) is 5.74. The van der Waals surface area contributed by atoms with Crippen molar-refractivity contribution in [2.24, 2.45) is 0 Å². The maximum atomic E-state index is 12.2. The molecule has 0 radical (unpaired) electrons. The summed E-state index contributed by atoms with van der Waals surface area (Å²) in [4.78, 5) is 23.5. The number of hydrazine groups is 1. The summed E-state index contributed by atoms with van der Waals surface area (Å²) >= 11 is 0. The second-order valence-corrected chi connectivity index (χ2v) is 5.24. The molecular weight excluding hydrogens is 292 g/mol. The largest absolute Gasteiger partial charge is 0.480 e. The number of hydrogen-bond donors (Lipinski definition) is 2. The number of carboxylic acids is 1. The summed E-state index contributed by atoms with van der Waals surface area (Å²) in [6.45, 7) is 1.53. The van der Waals surface area contributed by atoms with Crippen LogP contribution >= 0.6 is 0 Å². The van der Waals surface area contributed by atoms with E-state index in [0.717, 1.165) is 5.56 Å². The first-order valence-electron chi connectivity index (χ1n) is 7.48. The number of carbonyl (C=O) groups is 2. The van der Waals surface area contributed by atoms with E-state index in [1.54, 1.807) is 24.3 Å². The van der Waals surface area contributed by atoms with Gasteiger partial charge in [0.15, 0.2) is 0 Å². The van der Waals surface area contributed by atoms with Gasteiger partial charge in [-0.3, -0.25) is 15.2 Å². The molecule has 1 unspecified atom stereocenters. The molecule has 0 aliphatic heterocycles. The highest BCUT2D eigenvalue weighted by atomic mass is 16.4. The van der Waals surface area contributed by atoms with Gasteiger partial charge in [-0.05, 0) is 31.0 Å². The van der Waals surface area contributed by atoms with Gasteiger partial charge in [-0.2, -0.15) is 0 Å². The number of amides is 1. The Balaban J connectivity index is 2.02. The van der Waals surface area contributed by atoms with E-state index in [0.29, 0.717) is 18.5 Å². The van der Waals surface area contributed by atoms with E-state index >= 15 is 0 Å². The van der Waals surface area contributed by atoms with Crippen LogP contribution in [0.3, 0.4) is 0 Å². The second-order valence-electron chi connectivity index (χ2n) is 5.24. The molecule has 1 amide bonds. The molecular formula is C18H20N2O3. The van der Waals surface area contributed by atoms with Gasteiger partial charge in [-0.25, -0.2) is 4.79 Å². The highest BCUT2D eigenvalue weighted by Crippen LogP contribution is 2.14. The Hall–Kier alpha value is -2.82. The summed E-state index contributed by atoms with van der Waals surface area (Å²) in [6, 6.07) is 17.8. The number of rotatable bonds is 7. The van der Waals surface area contributed by atoms with Crippen molar-refractivity contribution in [3.63, 3.8) is 0 Å². The summed E-state index contributed by atoms with van der Waals surface area (Å²) < 4.78 is 0. The minimum absolute atomic E-state index is 0.217. The predicted octanol–water partition coefficient (Wildman–Crippen LogP) is 2.63. The van der Waals surface area contributed by atoms with Gasteiger partial charge < -0.3 is 5.11 Å². The molecule has 23 heavy (non-hydrogen) atoms. The number of nitrogens with one attached hydrogen (secondary N) is 1. The molecule has 0 aromatic heterocycles. The zero-order chi connectivity index (χ0) is 16.7. The van der Waals surface area contributed by atoms with E-state index in [1.807, 2.05) is 36.4 Å². The van der Waals surface area contributed by atoms with Gasteiger partial charge >= 0.3 is 5.97 Å². The second kappa shape index (κ2) is 7.98. The normalized spacial score (nSPS) is 11.5. The number of nitrogens with zero attached hydrogens (tertiary/aromatic N) is 1. The molecule has 2 aromatic carbocycles. The van der Waals surface area contributed by atoms with E-state index in [-0.39, 0.29) is 5.91 Å². The Morgan fingerprint density at radius 1 is 1.04 bits per heavy atom.